The molecule has 0 aromatic rings. The summed E-state index contributed by atoms with van der Waals surface area (Å²) >= 11 is 2.64. The maximum atomic E-state index is 3.77. The molecule has 12 heavy (non-hydrogen) atoms. The number of allylic oxidation sites excluding steroid dienone is 1. The first kappa shape index (κ1) is 10.6. The molecule has 0 amide bonds. The first-order valence-corrected chi connectivity index (χ1v) is 6.34. The van der Waals surface area contributed by atoms with Crippen LogP contribution in [0.5, 0.6) is 0 Å². The summed E-state index contributed by atoms with van der Waals surface area (Å²) < 4.78 is 0.904. The summed E-state index contributed by atoms with van der Waals surface area (Å²) in [4.78, 5) is 0. The molecular weight excluding hydrogens is 259 g/mol. The zero-order valence-electron chi connectivity index (χ0n) is 7.77. The minimum Gasteiger partial charge on any atom is -0.103 e. The fraction of sp³-hybridized carbons (Fsp3) is 0.818. The molecule has 0 aromatic heterocycles. The number of halogens is 1. The third-order valence-electron chi connectivity index (χ3n) is 2.81. The van der Waals surface area contributed by atoms with Crippen LogP contribution < -0.4 is 0 Å². The van der Waals surface area contributed by atoms with Crippen molar-refractivity contribution in [1.82, 2.24) is 0 Å². The summed E-state index contributed by atoms with van der Waals surface area (Å²) in [6.45, 7) is 3.77. The van der Waals surface area contributed by atoms with Gasteiger partial charge in [0.25, 0.3) is 0 Å². The van der Waals surface area contributed by atoms with Crippen LogP contribution in [0.25, 0.3) is 0 Å². The molecular formula is C11H19I. The molecule has 0 N–H and O–H groups in total. The van der Waals surface area contributed by atoms with Crippen molar-refractivity contribution in [2.45, 2.75) is 48.9 Å². The van der Waals surface area contributed by atoms with E-state index in [1.54, 1.807) is 0 Å². The van der Waals surface area contributed by atoms with E-state index in [9.17, 15) is 0 Å². The van der Waals surface area contributed by atoms with Crippen molar-refractivity contribution in [2.75, 3.05) is 0 Å². The molecule has 0 aromatic carbocycles. The molecule has 0 radical (unpaired) electrons. The Morgan fingerprint density at radius 3 is 2.58 bits per heavy atom. The van der Waals surface area contributed by atoms with Crippen LogP contribution in [0.15, 0.2) is 12.7 Å². The Kier molecular flexibility index (Phi) is 5.28. The van der Waals surface area contributed by atoms with E-state index in [1.165, 1.54) is 44.9 Å². The van der Waals surface area contributed by atoms with E-state index in [0.29, 0.717) is 0 Å². The van der Waals surface area contributed by atoms with Crippen molar-refractivity contribution >= 4 is 22.6 Å². The number of rotatable bonds is 4. The Bertz CT molecular complexity index is 125. The van der Waals surface area contributed by atoms with Crippen molar-refractivity contribution < 1.29 is 0 Å². The normalized spacial score (nSPS) is 22.1. The standard InChI is InChI=1S/C11H19I/c1-2-3-9-11(12)10-7-5-4-6-8-10/h2,10-11H,1,3-9H2. The second-order valence-corrected chi connectivity index (χ2v) is 5.38. The Labute approximate surface area is 90.0 Å². The monoisotopic (exact) mass is 278 g/mol. The topological polar surface area (TPSA) is 0 Å². The number of hydrogen-bond donors (Lipinski definition) is 0. The Morgan fingerprint density at radius 1 is 1.33 bits per heavy atom. The summed E-state index contributed by atoms with van der Waals surface area (Å²) in [7, 11) is 0. The molecule has 0 spiro atoms. The van der Waals surface area contributed by atoms with Gasteiger partial charge in [0.1, 0.15) is 0 Å². The largest absolute Gasteiger partial charge is 0.103 e. The molecule has 1 aliphatic rings. The van der Waals surface area contributed by atoms with Crippen LogP contribution in [0.2, 0.25) is 0 Å². The number of hydrogen-bond acceptors (Lipinski definition) is 0. The van der Waals surface area contributed by atoms with Gasteiger partial charge in [-0.25, -0.2) is 0 Å². The van der Waals surface area contributed by atoms with E-state index in [-0.39, 0.29) is 0 Å². The van der Waals surface area contributed by atoms with Gasteiger partial charge in [0.05, 0.1) is 0 Å². The molecule has 1 fully saturated rings. The molecule has 1 saturated carbocycles. The lowest BCUT2D eigenvalue weighted by atomic mass is 9.86. The maximum absolute atomic E-state index is 3.77. The van der Waals surface area contributed by atoms with Crippen molar-refractivity contribution in [3.05, 3.63) is 12.7 Å². The molecule has 0 bridgehead atoms. The molecule has 1 unspecified atom stereocenters. The maximum Gasteiger partial charge on any atom is 0.0141 e. The van der Waals surface area contributed by atoms with Crippen LogP contribution in [0.3, 0.4) is 0 Å². The second kappa shape index (κ2) is 6.01. The minimum atomic E-state index is 0.904. The zero-order valence-corrected chi connectivity index (χ0v) is 9.92. The zero-order chi connectivity index (χ0) is 8.81. The highest BCUT2D eigenvalue weighted by molar-refractivity contribution is 14.1. The van der Waals surface area contributed by atoms with Gasteiger partial charge in [-0.1, -0.05) is 47.9 Å². The summed E-state index contributed by atoms with van der Waals surface area (Å²) in [6, 6.07) is 0. The molecule has 0 saturated heterocycles. The van der Waals surface area contributed by atoms with E-state index in [2.05, 4.69) is 35.2 Å². The highest BCUT2D eigenvalue weighted by Gasteiger charge is 2.20. The molecule has 1 rings (SSSR count). The van der Waals surface area contributed by atoms with Gasteiger partial charge in [-0.15, -0.1) is 6.58 Å². The van der Waals surface area contributed by atoms with E-state index >= 15 is 0 Å². The van der Waals surface area contributed by atoms with Crippen LogP contribution in [-0.4, -0.2) is 3.92 Å². The highest BCUT2D eigenvalue weighted by atomic mass is 127. The van der Waals surface area contributed by atoms with Gasteiger partial charge < -0.3 is 0 Å². The van der Waals surface area contributed by atoms with Gasteiger partial charge >= 0.3 is 0 Å². The van der Waals surface area contributed by atoms with Crippen molar-refractivity contribution in [3.63, 3.8) is 0 Å². The van der Waals surface area contributed by atoms with Crippen molar-refractivity contribution in [2.24, 2.45) is 5.92 Å². The van der Waals surface area contributed by atoms with Gasteiger partial charge in [0.15, 0.2) is 0 Å². The second-order valence-electron chi connectivity index (χ2n) is 3.78. The average Bonchev–Trinajstić information content (AvgIpc) is 2.15. The fourth-order valence-electron chi connectivity index (χ4n) is 2.01. The van der Waals surface area contributed by atoms with Gasteiger partial charge in [-0.3, -0.25) is 0 Å². The molecule has 70 valence electrons. The van der Waals surface area contributed by atoms with Gasteiger partial charge in [-0.05, 0) is 31.6 Å². The Balaban J connectivity index is 2.19. The van der Waals surface area contributed by atoms with Crippen molar-refractivity contribution in [3.8, 4) is 0 Å². The quantitative estimate of drug-likeness (QED) is 0.408. The smallest absolute Gasteiger partial charge is 0.0141 e. The SMILES string of the molecule is C=CCCC(I)C1CCCCC1. The van der Waals surface area contributed by atoms with Gasteiger partial charge in [0, 0.05) is 3.92 Å². The highest BCUT2D eigenvalue weighted by Crippen LogP contribution is 2.32. The summed E-state index contributed by atoms with van der Waals surface area (Å²) in [6.07, 6.45) is 12.0. The lowest BCUT2D eigenvalue weighted by Crippen LogP contribution is -2.17. The van der Waals surface area contributed by atoms with Crippen LogP contribution >= 0.6 is 22.6 Å². The fourth-order valence-corrected chi connectivity index (χ4v) is 3.09. The van der Waals surface area contributed by atoms with Crippen LogP contribution in [0.1, 0.15) is 44.9 Å². The molecule has 1 atom stereocenters. The third kappa shape index (κ3) is 3.46. The molecule has 1 heteroatoms. The summed E-state index contributed by atoms with van der Waals surface area (Å²) in [5.41, 5.74) is 0. The Hall–Kier alpha value is 0.470. The van der Waals surface area contributed by atoms with Crippen LogP contribution in [0, 0.1) is 5.92 Å². The van der Waals surface area contributed by atoms with Gasteiger partial charge in [-0.2, -0.15) is 0 Å². The number of alkyl halides is 1. The van der Waals surface area contributed by atoms with Crippen LogP contribution in [0.4, 0.5) is 0 Å². The average molecular weight is 278 g/mol. The Morgan fingerprint density at radius 2 is 2.00 bits per heavy atom. The van der Waals surface area contributed by atoms with E-state index in [4.69, 9.17) is 0 Å². The van der Waals surface area contributed by atoms with E-state index in [0.717, 1.165) is 9.84 Å². The first-order chi connectivity index (χ1) is 5.84. The van der Waals surface area contributed by atoms with E-state index in [1.807, 2.05) is 0 Å². The third-order valence-corrected chi connectivity index (χ3v) is 4.45. The lowest BCUT2D eigenvalue weighted by Gasteiger charge is -2.26. The summed E-state index contributed by atoms with van der Waals surface area (Å²) in [5, 5.41) is 0. The molecule has 0 nitrogen and oxygen atoms in total. The molecule has 0 heterocycles. The van der Waals surface area contributed by atoms with Gasteiger partial charge in [0.2, 0.25) is 0 Å². The molecule has 0 aliphatic heterocycles. The van der Waals surface area contributed by atoms with E-state index < -0.39 is 0 Å². The molecule has 1 aliphatic carbocycles. The summed E-state index contributed by atoms with van der Waals surface area (Å²) in [5.74, 6) is 1.01. The lowest BCUT2D eigenvalue weighted by molar-refractivity contribution is 0.349. The van der Waals surface area contributed by atoms with Crippen molar-refractivity contribution in [1.29, 1.82) is 0 Å². The predicted octanol–water partition coefficient (Wildman–Crippen LogP) is 4.34. The minimum absolute atomic E-state index is 0.904. The van der Waals surface area contributed by atoms with Crippen LogP contribution in [-0.2, 0) is 0 Å². The first-order valence-electron chi connectivity index (χ1n) is 5.09. The predicted molar refractivity (Wildman–Crippen MR) is 63.8 cm³/mol.